The number of nitrogens with zero attached hydrogens (tertiary/aromatic N) is 1. The second-order valence-electron chi connectivity index (χ2n) is 5.26. The maximum absolute atomic E-state index is 12.7. The van der Waals surface area contributed by atoms with Crippen molar-refractivity contribution in [2.75, 3.05) is 18.4 Å². The van der Waals surface area contributed by atoms with E-state index in [2.05, 4.69) is 5.32 Å². The number of rotatable bonds is 1. The van der Waals surface area contributed by atoms with Crippen molar-refractivity contribution in [3.05, 3.63) is 29.3 Å². The van der Waals surface area contributed by atoms with Crippen molar-refractivity contribution in [3.8, 4) is 0 Å². The van der Waals surface area contributed by atoms with E-state index in [1.54, 1.807) is 0 Å². The van der Waals surface area contributed by atoms with Crippen LogP contribution in [0.15, 0.2) is 18.2 Å². The van der Waals surface area contributed by atoms with Crippen LogP contribution in [0.5, 0.6) is 0 Å². The number of β-amino-alcohol motifs (C(OH)–C–C–N with tert-alkyl or cyclic N) is 1. The van der Waals surface area contributed by atoms with Gasteiger partial charge in [0.05, 0.1) is 11.7 Å². The van der Waals surface area contributed by atoms with E-state index in [0.29, 0.717) is 24.9 Å². The third kappa shape index (κ3) is 4.10. The molecule has 0 bridgehead atoms. The Balaban J connectivity index is 2.12. The molecule has 1 heterocycles. The van der Waals surface area contributed by atoms with Gasteiger partial charge in [0.2, 0.25) is 0 Å². The second kappa shape index (κ2) is 5.93. The quantitative estimate of drug-likeness (QED) is 0.838. The highest BCUT2D eigenvalue weighted by molar-refractivity contribution is 5.89. The number of carbonyl (C=O) groups is 1. The molecule has 0 unspecified atom stereocenters. The molecule has 0 spiro atoms. The van der Waals surface area contributed by atoms with Crippen molar-refractivity contribution in [1.29, 1.82) is 0 Å². The van der Waals surface area contributed by atoms with E-state index in [1.165, 1.54) is 17.9 Å². The fourth-order valence-electron chi connectivity index (χ4n) is 2.36. The molecule has 21 heavy (non-hydrogen) atoms. The molecule has 1 aromatic carbocycles. The number of benzene rings is 1. The van der Waals surface area contributed by atoms with E-state index >= 15 is 0 Å². The Kier molecular flexibility index (Phi) is 4.41. The van der Waals surface area contributed by atoms with Gasteiger partial charge in [0.25, 0.3) is 0 Å². The third-order valence-electron chi connectivity index (χ3n) is 3.34. The molecule has 1 fully saturated rings. The summed E-state index contributed by atoms with van der Waals surface area (Å²) in [7, 11) is 0. The summed E-state index contributed by atoms with van der Waals surface area (Å²) in [6.07, 6.45) is -3.72. The summed E-state index contributed by atoms with van der Waals surface area (Å²) in [5, 5.41) is 12.0. The molecule has 1 atom stereocenters. The van der Waals surface area contributed by atoms with Crippen molar-refractivity contribution in [1.82, 2.24) is 4.90 Å². The molecule has 2 rings (SSSR count). The molecule has 0 aromatic heterocycles. The Bertz CT molecular complexity index is 531. The van der Waals surface area contributed by atoms with Gasteiger partial charge in [-0.15, -0.1) is 0 Å². The molecule has 1 aliphatic rings. The zero-order valence-corrected chi connectivity index (χ0v) is 11.6. The van der Waals surface area contributed by atoms with Gasteiger partial charge in [-0.3, -0.25) is 0 Å². The van der Waals surface area contributed by atoms with Crippen LogP contribution in [0, 0.1) is 6.92 Å². The van der Waals surface area contributed by atoms with Crippen molar-refractivity contribution in [3.63, 3.8) is 0 Å². The number of likely N-dealkylation sites (tertiary alicyclic amines) is 1. The summed E-state index contributed by atoms with van der Waals surface area (Å²) < 4.78 is 38.2. The number of halogens is 3. The number of carbonyl (C=O) groups excluding carboxylic acids is 1. The second-order valence-corrected chi connectivity index (χ2v) is 5.26. The Morgan fingerprint density at radius 3 is 2.71 bits per heavy atom. The van der Waals surface area contributed by atoms with Gasteiger partial charge in [-0.25, -0.2) is 4.79 Å². The zero-order valence-electron chi connectivity index (χ0n) is 11.6. The van der Waals surface area contributed by atoms with Gasteiger partial charge in [0, 0.05) is 18.8 Å². The van der Waals surface area contributed by atoms with Crippen LogP contribution in [0.1, 0.15) is 24.0 Å². The maximum Gasteiger partial charge on any atom is 0.416 e. The molecule has 2 amide bonds. The van der Waals surface area contributed by atoms with Crippen LogP contribution < -0.4 is 5.32 Å². The van der Waals surface area contributed by atoms with Crippen molar-refractivity contribution in [2.24, 2.45) is 0 Å². The minimum absolute atomic E-state index is 0.104. The van der Waals surface area contributed by atoms with Crippen LogP contribution in [-0.4, -0.2) is 35.2 Å². The van der Waals surface area contributed by atoms with Gasteiger partial charge < -0.3 is 15.3 Å². The van der Waals surface area contributed by atoms with Gasteiger partial charge in [-0.1, -0.05) is 0 Å². The predicted molar refractivity (Wildman–Crippen MR) is 72.0 cm³/mol. The van der Waals surface area contributed by atoms with E-state index in [0.717, 1.165) is 12.1 Å². The van der Waals surface area contributed by atoms with E-state index in [1.807, 2.05) is 0 Å². The molecule has 4 nitrogen and oxygen atoms in total. The molecule has 0 aliphatic carbocycles. The third-order valence-corrected chi connectivity index (χ3v) is 3.34. The summed E-state index contributed by atoms with van der Waals surface area (Å²) >= 11 is 0. The number of hydrogen-bond acceptors (Lipinski definition) is 2. The number of amides is 2. The fourth-order valence-corrected chi connectivity index (χ4v) is 2.36. The highest BCUT2D eigenvalue weighted by atomic mass is 19.4. The molecule has 7 heteroatoms. The van der Waals surface area contributed by atoms with Gasteiger partial charge in [0.1, 0.15) is 0 Å². The number of hydrogen-bond donors (Lipinski definition) is 2. The van der Waals surface area contributed by atoms with Crippen molar-refractivity contribution < 1.29 is 23.1 Å². The van der Waals surface area contributed by atoms with E-state index < -0.39 is 23.9 Å². The molecule has 1 aromatic rings. The predicted octanol–water partition coefficient (Wildman–Crippen LogP) is 3.00. The Hall–Kier alpha value is -1.76. The average Bonchev–Trinajstić information content (AvgIpc) is 2.37. The van der Waals surface area contributed by atoms with Crippen LogP contribution in [-0.2, 0) is 6.18 Å². The van der Waals surface area contributed by atoms with Gasteiger partial charge in [-0.2, -0.15) is 13.2 Å². The minimum atomic E-state index is -4.45. The SMILES string of the molecule is Cc1cc(NC(=O)N2CCC[C@H](O)C2)cc(C(F)(F)F)c1. The highest BCUT2D eigenvalue weighted by Crippen LogP contribution is 2.32. The lowest BCUT2D eigenvalue weighted by molar-refractivity contribution is -0.137. The Morgan fingerprint density at radius 2 is 2.10 bits per heavy atom. The maximum atomic E-state index is 12.7. The first-order valence-electron chi connectivity index (χ1n) is 6.68. The molecule has 1 saturated heterocycles. The van der Waals surface area contributed by atoms with E-state index in [9.17, 15) is 23.1 Å². The van der Waals surface area contributed by atoms with Crippen molar-refractivity contribution >= 4 is 11.7 Å². The first-order chi connectivity index (χ1) is 9.75. The summed E-state index contributed by atoms with van der Waals surface area (Å²) in [6, 6.07) is 2.92. The molecular formula is C14H17F3N2O2. The largest absolute Gasteiger partial charge is 0.416 e. The first-order valence-corrected chi connectivity index (χ1v) is 6.68. The number of piperidine rings is 1. The molecule has 0 radical (unpaired) electrons. The Labute approximate surface area is 120 Å². The topological polar surface area (TPSA) is 52.6 Å². The van der Waals surface area contributed by atoms with Crippen LogP contribution >= 0.6 is 0 Å². The standard InChI is InChI=1S/C14H17F3N2O2/c1-9-5-10(14(15,16)17)7-11(6-9)18-13(21)19-4-2-3-12(20)8-19/h5-7,12,20H,2-4,8H2,1H3,(H,18,21)/t12-/m0/s1. The number of nitrogens with one attached hydrogen (secondary N) is 1. The molecule has 0 saturated carbocycles. The first kappa shape index (κ1) is 15.6. The number of anilines is 1. The lowest BCUT2D eigenvalue weighted by Gasteiger charge is -2.30. The monoisotopic (exact) mass is 302 g/mol. The molecule has 2 N–H and O–H groups in total. The number of alkyl halides is 3. The summed E-state index contributed by atoms with van der Waals surface area (Å²) in [5.41, 5.74) is -0.275. The normalized spacial score (nSPS) is 19.5. The molecular weight excluding hydrogens is 285 g/mol. The van der Waals surface area contributed by atoms with E-state index in [4.69, 9.17) is 0 Å². The van der Waals surface area contributed by atoms with Gasteiger partial charge in [0.15, 0.2) is 0 Å². The average molecular weight is 302 g/mol. The van der Waals surface area contributed by atoms with Crippen LogP contribution in [0.25, 0.3) is 0 Å². The number of aryl methyl sites for hydroxylation is 1. The Morgan fingerprint density at radius 1 is 1.38 bits per heavy atom. The summed E-state index contributed by atoms with van der Waals surface area (Å²) in [5.74, 6) is 0. The lowest BCUT2D eigenvalue weighted by atomic mass is 10.1. The van der Waals surface area contributed by atoms with Crippen LogP contribution in [0.3, 0.4) is 0 Å². The van der Waals surface area contributed by atoms with Crippen LogP contribution in [0.2, 0.25) is 0 Å². The lowest BCUT2D eigenvalue weighted by Crippen LogP contribution is -2.44. The zero-order chi connectivity index (χ0) is 15.6. The van der Waals surface area contributed by atoms with Gasteiger partial charge in [-0.05, 0) is 43.5 Å². The van der Waals surface area contributed by atoms with E-state index in [-0.39, 0.29) is 12.2 Å². The van der Waals surface area contributed by atoms with Gasteiger partial charge >= 0.3 is 12.2 Å². The summed E-state index contributed by atoms with van der Waals surface area (Å²) in [4.78, 5) is 13.4. The molecule has 1 aliphatic heterocycles. The minimum Gasteiger partial charge on any atom is -0.391 e. The number of aliphatic hydroxyl groups excluding tert-OH is 1. The fraction of sp³-hybridized carbons (Fsp3) is 0.500. The number of aliphatic hydroxyl groups is 1. The smallest absolute Gasteiger partial charge is 0.391 e. The summed E-state index contributed by atoms with van der Waals surface area (Å²) in [6.45, 7) is 2.22. The van der Waals surface area contributed by atoms with Crippen LogP contribution in [0.4, 0.5) is 23.7 Å². The number of urea groups is 1. The highest BCUT2D eigenvalue weighted by Gasteiger charge is 2.31. The van der Waals surface area contributed by atoms with Crippen molar-refractivity contribution in [2.45, 2.75) is 32.0 Å². The molecule has 116 valence electrons.